The molecule has 0 saturated carbocycles. The Balaban J connectivity index is 1.89. The van der Waals surface area contributed by atoms with Gasteiger partial charge in [0.2, 0.25) is 0 Å². The summed E-state index contributed by atoms with van der Waals surface area (Å²) in [7, 11) is 3.30. The molecule has 0 saturated heterocycles. The summed E-state index contributed by atoms with van der Waals surface area (Å²) in [6.07, 6.45) is 1.27. The predicted molar refractivity (Wildman–Crippen MR) is 129 cm³/mol. The van der Waals surface area contributed by atoms with Crippen LogP contribution in [0.4, 0.5) is 5.82 Å². The Morgan fingerprint density at radius 3 is 2.50 bits per heavy atom. The molecule has 0 unspecified atom stereocenters. The van der Waals surface area contributed by atoms with Crippen LogP contribution < -0.4 is 14.8 Å². The number of aryl methyl sites for hydroxylation is 1. The average Bonchev–Trinajstić information content (AvgIpc) is 3.27. The van der Waals surface area contributed by atoms with E-state index in [9.17, 15) is 14.7 Å². The van der Waals surface area contributed by atoms with E-state index in [4.69, 9.17) is 21.1 Å². The molecule has 0 aliphatic heterocycles. The number of nitrogens with one attached hydrogen (secondary N) is 1. The lowest BCUT2D eigenvalue weighted by atomic mass is 10.1. The van der Waals surface area contributed by atoms with E-state index in [1.807, 2.05) is 6.92 Å². The largest absolute Gasteiger partial charge is 0.488 e. The predicted octanol–water partition coefficient (Wildman–Crippen LogP) is 4.06. The molecular formula is C24H27ClN4O5. The van der Waals surface area contributed by atoms with Crippen molar-refractivity contribution in [2.45, 2.75) is 26.5 Å². The monoisotopic (exact) mass is 486 g/mol. The Morgan fingerprint density at radius 2 is 1.88 bits per heavy atom. The smallest absolute Gasteiger partial charge is 0.257 e. The molecule has 0 aliphatic rings. The van der Waals surface area contributed by atoms with Crippen molar-refractivity contribution in [1.82, 2.24) is 14.7 Å². The maximum absolute atomic E-state index is 12.9. The van der Waals surface area contributed by atoms with Crippen molar-refractivity contribution in [3.8, 4) is 17.2 Å². The van der Waals surface area contributed by atoms with E-state index >= 15 is 0 Å². The number of ether oxygens (including phenoxy) is 2. The van der Waals surface area contributed by atoms with Gasteiger partial charge in [0, 0.05) is 50.1 Å². The zero-order valence-corrected chi connectivity index (χ0v) is 20.2. The molecule has 3 rings (SSSR count). The Bertz CT molecular complexity index is 1180. The molecule has 2 amide bonds. The number of hydrogen-bond donors (Lipinski definition) is 2. The minimum atomic E-state index is -0.494. The van der Waals surface area contributed by atoms with Crippen LogP contribution in [0, 0.1) is 0 Å². The van der Waals surface area contributed by atoms with Crippen LogP contribution in [0.1, 0.15) is 34.6 Å². The molecule has 34 heavy (non-hydrogen) atoms. The van der Waals surface area contributed by atoms with E-state index < -0.39 is 12.0 Å². The quantitative estimate of drug-likeness (QED) is 0.472. The lowest BCUT2D eigenvalue weighted by Crippen LogP contribution is -2.21. The minimum Gasteiger partial charge on any atom is -0.488 e. The zero-order chi connectivity index (χ0) is 24.8. The molecule has 1 atom stereocenters. The number of carbonyl (C=O) groups is 2. The van der Waals surface area contributed by atoms with Crippen molar-refractivity contribution >= 4 is 29.2 Å². The van der Waals surface area contributed by atoms with Crippen LogP contribution in [0.15, 0.2) is 48.7 Å². The van der Waals surface area contributed by atoms with Gasteiger partial charge in [0.05, 0.1) is 11.6 Å². The molecule has 9 nitrogen and oxygen atoms in total. The molecule has 0 spiro atoms. The molecule has 2 N–H and O–H groups in total. The van der Waals surface area contributed by atoms with Gasteiger partial charge in [0.1, 0.15) is 23.4 Å². The maximum Gasteiger partial charge on any atom is 0.257 e. The highest BCUT2D eigenvalue weighted by Gasteiger charge is 2.16. The summed E-state index contributed by atoms with van der Waals surface area (Å²) >= 11 is 6.35. The van der Waals surface area contributed by atoms with Crippen LogP contribution in [0.2, 0.25) is 5.02 Å². The van der Waals surface area contributed by atoms with E-state index in [1.165, 1.54) is 17.0 Å². The van der Waals surface area contributed by atoms with Crippen molar-refractivity contribution in [1.29, 1.82) is 0 Å². The van der Waals surface area contributed by atoms with Gasteiger partial charge in [-0.3, -0.25) is 14.3 Å². The lowest BCUT2D eigenvalue weighted by Gasteiger charge is -2.16. The number of hydrogen-bond acceptors (Lipinski definition) is 6. The summed E-state index contributed by atoms with van der Waals surface area (Å²) in [4.78, 5) is 26.5. The highest BCUT2D eigenvalue weighted by molar-refractivity contribution is 6.32. The molecular weight excluding hydrogens is 460 g/mol. The number of rotatable bonds is 9. The summed E-state index contributed by atoms with van der Waals surface area (Å²) in [5.41, 5.74) is 0.682. The molecule has 0 fully saturated rings. The first kappa shape index (κ1) is 25.1. The summed E-state index contributed by atoms with van der Waals surface area (Å²) in [6, 6.07) is 11.1. The van der Waals surface area contributed by atoms with Crippen LogP contribution in [-0.2, 0) is 6.54 Å². The fourth-order valence-electron chi connectivity index (χ4n) is 2.99. The molecule has 0 radical (unpaired) electrons. The first-order valence-corrected chi connectivity index (χ1v) is 11.0. The number of nitrogens with zero attached hydrogens (tertiary/aromatic N) is 3. The number of aromatic nitrogens is 2. The van der Waals surface area contributed by atoms with Gasteiger partial charge in [0.25, 0.3) is 11.8 Å². The molecule has 3 aromatic rings. The van der Waals surface area contributed by atoms with E-state index in [-0.39, 0.29) is 23.1 Å². The first-order chi connectivity index (χ1) is 16.2. The van der Waals surface area contributed by atoms with Crippen LogP contribution >= 0.6 is 11.6 Å². The van der Waals surface area contributed by atoms with Crippen molar-refractivity contribution < 1.29 is 24.2 Å². The van der Waals surface area contributed by atoms with E-state index in [2.05, 4.69) is 10.4 Å². The minimum absolute atomic E-state index is 0.189. The molecule has 1 heterocycles. The van der Waals surface area contributed by atoms with Gasteiger partial charge < -0.3 is 24.8 Å². The van der Waals surface area contributed by atoms with E-state index in [0.29, 0.717) is 35.2 Å². The van der Waals surface area contributed by atoms with Crippen LogP contribution in [0.5, 0.6) is 17.2 Å². The number of aliphatic hydroxyl groups excluding tert-OH is 1. The number of amides is 2. The van der Waals surface area contributed by atoms with Gasteiger partial charge in [-0.05, 0) is 44.2 Å². The SMILES string of the molecule is CCn1ccc(NC(=O)c2cc(Oc3ccc(C(=O)N(C)C)cc3Cl)cc(O[C@@H](C)CO)c2)n1. The fourth-order valence-corrected chi connectivity index (χ4v) is 3.21. The second-order valence-corrected chi connectivity index (χ2v) is 8.17. The molecule has 2 aromatic carbocycles. The molecule has 0 aliphatic carbocycles. The van der Waals surface area contributed by atoms with Crippen LogP contribution in [0.3, 0.4) is 0 Å². The number of anilines is 1. The normalized spacial score (nSPS) is 11.6. The van der Waals surface area contributed by atoms with Gasteiger partial charge in [-0.15, -0.1) is 0 Å². The molecule has 10 heteroatoms. The molecule has 180 valence electrons. The maximum atomic E-state index is 12.9. The average molecular weight is 487 g/mol. The summed E-state index contributed by atoms with van der Waals surface area (Å²) < 4.78 is 13.3. The topological polar surface area (TPSA) is 106 Å². The van der Waals surface area contributed by atoms with Crippen molar-refractivity contribution in [2.24, 2.45) is 0 Å². The third-order valence-corrected chi connectivity index (χ3v) is 5.05. The molecule has 1 aromatic heterocycles. The highest BCUT2D eigenvalue weighted by Crippen LogP contribution is 2.33. The fraction of sp³-hybridized carbons (Fsp3) is 0.292. The number of halogens is 1. The van der Waals surface area contributed by atoms with Gasteiger partial charge in [0.15, 0.2) is 5.82 Å². The van der Waals surface area contributed by atoms with Crippen LogP contribution in [0.25, 0.3) is 0 Å². The second-order valence-electron chi connectivity index (χ2n) is 7.76. The summed E-state index contributed by atoms with van der Waals surface area (Å²) in [6.45, 7) is 4.12. The standard InChI is InChI=1S/C24H27ClN4O5/c1-5-29-9-8-22(27-29)26-23(31)17-10-18(33-15(2)14-30)13-19(11-17)34-21-7-6-16(12-20(21)25)24(32)28(3)4/h6-13,15,30H,5,14H2,1-4H3,(H,26,27,31)/t15-/m0/s1. The molecule has 0 bridgehead atoms. The Kier molecular flexibility index (Phi) is 8.14. The van der Waals surface area contributed by atoms with E-state index in [0.717, 1.165) is 0 Å². The Hall–Kier alpha value is -3.56. The zero-order valence-electron chi connectivity index (χ0n) is 19.4. The second kappa shape index (κ2) is 11.0. The summed E-state index contributed by atoms with van der Waals surface area (Å²) in [5, 5.41) is 16.6. The van der Waals surface area contributed by atoms with Crippen LogP contribution in [-0.4, -0.2) is 58.4 Å². The van der Waals surface area contributed by atoms with E-state index in [1.54, 1.807) is 62.2 Å². The summed E-state index contributed by atoms with van der Waals surface area (Å²) in [5.74, 6) is 0.739. The Morgan fingerprint density at radius 1 is 1.15 bits per heavy atom. The third kappa shape index (κ3) is 6.27. The lowest BCUT2D eigenvalue weighted by molar-refractivity contribution is 0.0827. The van der Waals surface area contributed by atoms with Gasteiger partial charge in [-0.1, -0.05) is 11.6 Å². The number of benzene rings is 2. The van der Waals surface area contributed by atoms with Crippen molar-refractivity contribution in [3.63, 3.8) is 0 Å². The van der Waals surface area contributed by atoms with Gasteiger partial charge in [-0.2, -0.15) is 5.10 Å². The van der Waals surface area contributed by atoms with Crippen molar-refractivity contribution in [2.75, 3.05) is 26.0 Å². The Labute approximate surface area is 202 Å². The first-order valence-electron chi connectivity index (χ1n) is 10.7. The number of aliphatic hydroxyl groups is 1. The van der Waals surface area contributed by atoms with Crippen molar-refractivity contribution in [3.05, 3.63) is 64.8 Å². The van der Waals surface area contributed by atoms with Gasteiger partial charge >= 0.3 is 0 Å². The number of carbonyl (C=O) groups excluding carboxylic acids is 2. The highest BCUT2D eigenvalue weighted by atomic mass is 35.5. The third-order valence-electron chi connectivity index (χ3n) is 4.76. The van der Waals surface area contributed by atoms with Gasteiger partial charge in [-0.25, -0.2) is 0 Å².